The van der Waals surface area contributed by atoms with Crippen molar-refractivity contribution in [2.45, 2.75) is 19.4 Å². The second kappa shape index (κ2) is 3.50. The Hall–Kier alpha value is -1.63. The van der Waals surface area contributed by atoms with Gasteiger partial charge >= 0.3 is 0 Å². The highest BCUT2D eigenvalue weighted by molar-refractivity contribution is 5.51. The van der Waals surface area contributed by atoms with Crippen molar-refractivity contribution in [2.24, 2.45) is 5.92 Å². The average molecular weight is 208 g/mol. The summed E-state index contributed by atoms with van der Waals surface area (Å²) in [7, 11) is 0. The molecule has 2 atom stereocenters. The minimum atomic E-state index is -1.07. The molecule has 0 radical (unpaired) electrons. The predicted molar refractivity (Wildman–Crippen MR) is 52.3 cm³/mol. The lowest BCUT2D eigenvalue weighted by Crippen LogP contribution is -2.07. The molecule has 4 heteroatoms. The SMILES string of the molecule is CC1CC1Nc1ccc(C#N)c(F)c1F. The monoisotopic (exact) mass is 208 g/mol. The zero-order chi connectivity index (χ0) is 11.0. The molecule has 1 fully saturated rings. The summed E-state index contributed by atoms with van der Waals surface area (Å²) in [5.74, 6) is -1.54. The molecule has 2 unspecified atom stereocenters. The third-order valence-corrected chi connectivity index (χ3v) is 2.65. The van der Waals surface area contributed by atoms with E-state index in [0.29, 0.717) is 5.92 Å². The van der Waals surface area contributed by atoms with Gasteiger partial charge in [-0.05, 0) is 24.5 Å². The van der Waals surface area contributed by atoms with Crippen LogP contribution in [0.4, 0.5) is 14.5 Å². The van der Waals surface area contributed by atoms with Crippen molar-refractivity contribution in [3.8, 4) is 6.07 Å². The summed E-state index contributed by atoms with van der Waals surface area (Å²) >= 11 is 0. The number of anilines is 1. The lowest BCUT2D eigenvalue weighted by Gasteiger charge is -2.07. The second-order valence-corrected chi connectivity index (χ2v) is 3.86. The van der Waals surface area contributed by atoms with Crippen LogP contribution < -0.4 is 5.32 Å². The topological polar surface area (TPSA) is 35.8 Å². The largest absolute Gasteiger partial charge is 0.380 e. The summed E-state index contributed by atoms with van der Waals surface area (Å²) < 4.78 is 26.6. The summed E-state index contributed by atoms with van der Waals surface area (Å²) in [6.45, 7) is 2.04. The van der Waals surface area contributed by atoms with E-state index in [9.17, 15) is 8.78 Å². The molecule has 1 aliphatic rings. The van der Waals surface area contributed by atoms with Crippen LogP contribution in [0.25, 0.3) is 0 Å². The van der Waals surface area contributed by atoms with Crippen molar-refractivity contribution in [2.75, 3.05) is 5.32 Å². The molecular formula is C11H10F2N2. The molecule has 2 rings (SSSR count). The number of nitriles is 1. The van der Waals surface area contributed by atoms with Gasteiger partial charge < -0.3 is 5.32 Å². The molecule has 0 aliphatic heterocycles. The van der Waals surface area contributed by atoms with Gasteiger partial charge in [0.25, 0.3) is 0 Å². The smallest absolute Gasteiger partial charge is 0.183 e. The van der Waals surface area contributed by atoms with E-state index in [1.54, 1.807) is 6.07 Å². The number of hydrogen-bond donors (Lipinski definition) is 1. The van der Waals surface area contributed by atoms with E-state index in [-0.39, 0.29) is 17.3 Å². The first-order chi connectivity index (χ1) is 7.13. The van der Waals surface area contributed by atoms with Gasteiger partial charge in [0, 0.05) is 6.04 Å². The summed E-state index contributed by atoms with van der Waals surface area (Å²) in [6.07, 6.45) is 0.973. The van der Waals surface area contributed by atoms with Gasteiger partial charge in [0.1, 0.15) is 6.07 Å². The van der Waals surface area contributed by atoms with Crippen LogP contribution in [0, 0.1) is 28.9 Å². The molecular weight excluding hydrogens is 198 g/mol. The highest BCUT2D eigenvalue weighted by atomic mass is 19.2. The summed E-state index contributed by atoms with van der Waals surface area (Å²) in [4.78, 5) is 0. The van der Waals surface area contributed by atoms with Crippen molar-refractivity contribution in [1.82, 2.24) is 0 Å². The van der Waals surface area contributed by atoms with Crippen molar-refractivity contribution >= 4 is 5.69 Å². The number of nitrogens with zero attached hydrogens (tertiary/aromatic N) is 1. The zero-order valence-electron chi connectivity index (χ0n) is 8.22. The Kier molecular flexibility index (Phi) is 2.31. The van der Waals surface area contributed by atoms with Crippen LogP contribution in [0.2, 0.25) is 0 Å². The highest BCUT2D eigenvalue weighted by Crippen LogP contribution is 2.33. The second-order valence-electron chi connectivity index (χ2n) is 3.86. The summed E-state index contributed by atoms with van der Waals surface area (Å²) in [6, 6.07) is 4.52. The molecule has 1 saturated carbocycles. The minimum Gasteiger partial charge on any atom is -0.380 e. The van der Waals surface area contributed by atoms with Gasteiger partial charge in [-0.3, -0.25) is 0 Å². The number of halogens is 2. The normalized spacial score (nSPS) is 23.3. The van der Waals surface area contributed by atoms with Crippen molar-refractivity contribution in [1.29, 1.82) is 5.26 Å². The summed E-state index contributed by atoms with van der Waals surface area (Å²) in [5.41, 5.74) is -0.122. The molecule has 0 spiro atoms. The Morgan fingerprint density at radius 1 is 1.40 bits per heavy atom. The molecule has 0 amide bonds. The maximum Gasteiger partial charge on any atom is 0.183 e. The van der Waals surface area contributed by atoms with Crippen LogP contribution in [0.15, 0.2) is 12.1 Å². The van der Waals surface area contributed by atoms with Crippen molar-refractivity contribution in [3.63, 3.8) is 0 Å². The zero-order valence-corrected chi connectivity index (χ0v) is 8.22. The van der Waals surface area contributed by atoms with Gasteiger partial charge in [0.2, 0.25) is 0 Å². The van der Waals surface area contributed by atoms with Gasteiger partial charge in [0.05, 0.1) is 11.3 Å². The van der Waals surface area contributed by atoms with E-state index in [2.05, 4.69) is 5.32 Å². The minimum absolute atomic E-state index is 0.140. The Labute approximate surface area is 86.5 Å². The van der Waals surface area contributed by atoms with E-state index >= 15 is 0 Å². The molecule has 0 aromatic heterocycles. The number of nitrogens with one attached hydrogen (secondary N) is 1. The maximum atomic E-state index is 13.4. The lowest BCUT2D eigenvalue weighted by molar-refractivity contribution is 0.508. The van der Waals surface area contributed by atoms with Gasteiger partial charge in [-0.1, -0.05) is 6.92 Å². The molecule has 0 saturated heterocycles. The third-order valence-electron chi connectivity index (χ3n) is 2.65. The summed E-state index contributed by atoms with van der Waals surface area (Å²) in [5, 5.41) is 11.4. The molecule has 1 aromatic carbocycles. The fourth-order valence-electron chi connectivity index (χ4n) is 1.47. The van der Waals surface area contributed by atoms with E-state index in [0.717, 1.165) is 6.42 Å². The fraction of sp³-hybridized carbons (Fsp3) is 0.364. The third kappa shape index (κ3) is 1.78. The van der Waals surface area contributed by atoms with Crippen molar-refractivity contribution in [3.05, 3.63) is 29.3 Å². The predicted octanol–water partition coefficient (Wildman–Crippen LogP) is 2.66. The first kappa shape index (κ1) is 9.91. The molecule has 78 valence electrons. The van der Waals surface area contributed by atoms with E-state index in [1.165, 1.54) is 12.1 Å². The van der Waals surface area contributed by atoms with Crippen LogP contribution in [0.1, 0.15) is 18.9 Å². The highest BCUT2D eigenvalue weighted by Gasteiger charge is 2.33. The Bertz CT molecular complexity index is 437. The van der Waals surface area contributed by atoms with E-state index in [4.69, 9.17) is 5.26 Å². The van der Waals surface area contributed by atoms with E-state index < -0.39 is 11.6 Å². The van der Waals surface area contributed by atoms with Gasteiger partial charge in [-0.25, -0.2) is 8.78 Å². The Morgan fingerprint density at radius 3 is 2.60 bits per heavy atom. The molecule has 1 aromatic rings. The van der Waals surface area contributed by atoms with Gasteiger partial charge in [-0.2, -0.15) is 5.26 Å². The van der Waals surface area contributed by atoms with Gasteiger partial charge in [-0.15, -0.1) is 0 Å². The van der Waals surface area contributed by atoms with Crippen molar-refractivity contribution < 1.29 is 8.78 Å². The van der Waals surface area contributed by atoms with Crippen LogP contribution in [0.5, 0.6) is 0 Å². The van der Waals surface area contributed by atoms with Crippen LogP contribution in [-0.4, -0.2) is 6.04 Å². The number of benzene rings is 1. The standard InChI is InChI=1S/C11H10F2N2/c1-6-4-9(6)15-8-3-2-7(5-14)10(12)11(8)13/h2-3,6,9,15H,4H2,1H3. The van der Waals surface area contributed by atoms with Crippen LogP contribution >= 0.6 is 0 Å². The first-order valence-corrected chi connectivity index (χ1v) is 4.78. The number of hydrogen-bond acceptors (Lipinski definition) is 2. The maximum absolute atomic E-state index is 13.4. The molecule has 1 aliphatic carbocycles. The Balaban J connectivity index is 2.26. The first-order valence-electron chi connectivity index (χ1n) is 4.78. The average Bonchev–Trinajstić information content (AvgIpc) is 2.90. The molecule has 0 bridgehead atoms. The molecule has 1 N–H and O–H groups in total. The quantitative estimate of drug-likeness (QED) is 0.811. The fourth-order valence-corrected chi connectivity index (χ4v) is 1.47. The lowest BCUT2D eigenvalue weighted by atomic mass is 10.2. The van der Waals surface area contributed by atoms with Crippen LogP contribution in [0.3, 0.4) is 0 Å². The van der Waals surface area contributed by atoms with E-state index in [1.807, 2.05) is 6.92 Å². The van der Waals surface area contributed by atoms with Crippen LogP contribution in [-0.2, 0) is 0 Å². The Morgan fingerprint density at radius 2 is 2.07 bits per heavy atom. The molecule has 0 heterocycles. The molecule has 2 nitrogen and oxygen atoms in total. The molecule has 15 heavy (non-hydrogen) atoms. The van der Waals surface area contributed by atoms with Gasteiger partial charge in [0.15, 0.2) is 11.6 Å². The number of rotatable bonds is 2.